The van der Waals surface area contributed by atoms with Crippen molar-refractivity contribution in [2.75, 3.05) is 5.32 Å². The maximum atomic E-state index is 12.2. The van der Waals surface area contributed by atoms with Crippen molar-refractivity contribution in [3.05, 3.63) is 59.9 Å². The molecule has 1 atom stereocenters. The van der Waals surface area contributed by atoms with Gasteiger partial charge in [0.2, 0.25) is 5.91 Å². The van der Waals surface area contributed by atoms with E-state index < -0.39 is 0 Å². The molecule has 1 unspecified atom stereocenters. The summed E-state index contributed by atoms with van der Waals surface area (Å²) in [5.41, 5.74) is 3.13. The second kappa shape index (κ2) is 7.02. The summed E-state index contributed by atoms with van der Waals surface area (Å²) in [5.74, 6) is 0.465. The van der Waals surface area contributed by atoms with Crippen LogP contribution in [0, 0.1) is 5.92 Å². The van der Waals surface area contributed by atoms with E-state index in [9.17, 15) is 4.79 Å². The number of carbonyl (C=O) groups excluding carboxylic acids is 1. The van der Waals surface area contributed by atoms with Crippen LogP contribution < -0.4 is 5.32 Å². The van der Waals surface area contributed by atoms with Gasteiger partial charge in [0.1, 0.15) is 0 Å². The van der Waals surface area contributed by atoms with Crippen molar-refractivity contribution in [1.82, 2.24) is 4.98 Å². The molecule has 21 heavy (non-hydrogen) atoms. The van der Waals surface area contributed by atoms with E-state index in [0.717, 1.165) is 17.7 Å². The molecule has 3 nitrogen and oxygen atoms in total. The summed E-state index contributed by atoms with van der Waals surface area (Å²) < 4.78 is 0. The summed E-state index contributed by atoms with van der Waals surface area (Å²) in [6.45, 7) is 6.34. The second-order valence-corrected chi connectivity index (χ2v) is 5.79. The van der Waals surface area contributed by atoms with Crippen LogP contribution in [-0.4, -0.2) is 10.9 Å². The van der Waals surface area contributed by atoms with Crippen molar-refractivity contribution < 1.29 is 4.79 Å². The number of nitrogens with zero attached hydrogens (tertiary/aromatic N) is 1. The van der Waals surface area contributed by atoms with Gasteiger partial charge in [0.15, 0.2) is 0 Å². The number of pyridine rings is 1. The van der Waals surface area contributed by atoms with Crippen LogP contribution in [0.25, 0.3) is 0 Å². The van der Waals surface area contributed by atoms with Crippen molar-refractivity contribution in [3.8, 4) is 0 Å². The van der Waals surface area contributed by atoms with Crippen LogP contribution in [0.5, 0.6) is 0 Å². The van der Waals surface area contributed by atoms with Gasteiger partial charge in [-0.05, 0) is 42.5 Å². The lowest BCUT2D eigenvalue weighted by molar-refractivity contribution is -0.117. The number of carbonyl (C=O) groups is 1. The second-order valence-electron chi connectivity index (χ2n) is 5.79. The molecule has 110 valence electrons. The van der Waals surface area contributed by atoms with Gasteiger partial charge in [0.05, 0.1) is 5.92 Å². The average Bonchev–Trinajstić information content (AvgIpc) is 2.47. The smallest absolute Gasteiger partial charge is 0.231 e. The number of hydrogen-bond acceptors (Lipinski definition) is 2. The van der Waals surface area contributed by atoms with Crippen LogP contribution in [0.15, 0.2) is 48.8 Å². The molecule has 0 saturated carbocycles. The Labute approximate surface area is 126 Å². The number of hydrogen-bond donors (Lipinski definition) is 1. The first-order valence-electron chi connectivity index (χ1n) is 7.36. The molecule has 1 N–H and O–H groups in total. The summed E-state index contributed by atoms with van der Waals surface area (Å²) >= 11 is 0. The van der Waals surface area contributed by atoms with Crippen LogP contribution >= 0.6 is 0 Å². The van der Waals surface area contributed by atoms with Crippen LogP contribution in [0.3, 0.4) is 0 Å². The topological polar surface area (TPSA) is 42.0 Å². The van der Waals surface area contributed by atoms with E-state index in [-0.39, 0.29) is 11.8 Å². The Bertz CT molecular complexity index is 576. The van der Waals surface area contributed by atoms with E-state index in [2.05, 4.69) is 48.4 Å². The lowest BCUT2D eigenvalue weighted by Crippen LogP contribution is -2.18. The minimum absolute atomic E-state index is 0.00203. The van der Waals surface area contributed by atoms with Gasteiger partial charge in [-0.2, -0.15) is 0 Å². The van der Waals surface area contributed by atoms with E-state index >= 15 is 0 Å². The molecule has 1 aromatic heterocycles. The van der Waals surface area contributed by atoms with Gasteiger partial charge >= 0.3 is 0 Å². The fourth-order valence-corrected chi connectivity index (χ4v) is 2.25. The average molecular weight is 282 g/mol. The van der Waals surface area contributed by atoms with Gasteiger partial charge in [-0.3, -0.25) is 9.78 Å². The fraction of sp³-hybridized carbons (Fsp3) is 0.333. The molecule has 0 radical (unpaired) electrons. The zero-order valence-corrected chi connectivity index (χ0v) is 12.8. The number of amides is 1. The zero-order chi connectivity index (χ0) is 15.2. The van der Waals surface area contributed by atoms with Gasteiger partial charge in [-0.15, -0.1) is 0 Å². The van der Waals surface area contributed by atoms with Crippen molar-refractivity contribution in [2.24, 2.45) is 5.92 Å². The molecule has 2 aromatic rings. The van der Waals surface area contributed by atoms with Crippen molar-refractivity contribution in [2.45, 2.75) is 33.1 Å². The molecule has 0 bridgehead atoms. The normalized spacial score (nSPS) is 12.2. The number of benzene rings is 1. The molecule has 3 heteroatoms. The van der Waals surface area contributed by atoms with E-state index in [1.807, 2.05) is 6.92 Å². The fourth-order valence-electron chi connectivity index (χ4n) is 2.25. The maximum Gasteiger partial charge on any atom is 0.231 e. The van der Waals surface area contributed by atoms with Crippen molar-refractivity contribution in [1.29, 1.82) is 0 Å². The summed E-state index contributed by atoms with van der Waals surface area (Å²) in [5, 5.41) is 2.91. The lowest BCUT2D eigenvalue weighted by atomic mass is 9.96. The van der Waals surface area contributed by atoms with Gasteiger partial charge < -0.3 is 5.32 Å². The first-order chi connectivity index (χ1) is 10.1. The summed E-state index contributed by atoms with van der Waals surface area (Å²) in [7, 11) is 0. The van der Waals surface area contributed by atoms with Crippen LogP contribution in [0.1, 0.15) is 37.8 Å². The minimum Gasteiger partial charge on any atom is -0.325 e. The molecule has 0 aliphatic carbocycles. The largest absolute Gasteiger partial charge is 0.325 e. The van der Waals surface area contributed by atoms with Crippen molar-refractivity contribution in [3.63, 3.8) is 0 Å². The molecule has 0 fully saturated rings. The van der Waals surface area contributed by atoms with Crippen molar-refractivity contribution >= 4 is 11.6 Å². The van der Waals surface area contributed by atoms with E-state index in [1.54, 1.807) is 24.5 Å². The Morgan fingerprint density at radius 1 is 1.05 bits per heavy atom. The molecule has 1 amide bonds. The first kappa shape index (κ1) is 15.2. The molecule has 2 rings (SSSR count). The third-order valence-corrected chi connectivity index (χ3v) is 3.46. The number of rotatable bonds is 5. The van der Waals surface area contributed by atoms with Gasteiger partial charge in [0, 0.05) is 18.1 Å². The third kappa shape index (κ3) is 4.42. The Morgan fingerprint density at radius 3 is 2.24 bits per heavy atom. The molecule has 0 aliphatic heterocycles. The van der Waals surface area contributed by atoms with E-state index in [1.165, 1.54) is 5.56 Å². The molecule has 1 aromatic carbocycles. The van der Waals surface area contributed by atoms with Crippen LogP contribution in [0.4, 0.5) is 5.69 Å². The number of anilines is 1. The number of nitrogens with one attached hydrogen (secondary N) is 1. The van der Waals surface area contributed by atoms with Crippen LogP contribution in [0.2, 0.25) is 0 Å². The minimum atomic E-state index is -0.175. The Balaban J connectivity index is 2.02. The third-order valence-electron chi connectivity index (χ3n) is 3.46. The zero-order valence-electron chi connectivity index (χ0n) is 12.8. The van der Waals surface area contributed by atoms with E-state index in [4.69, 9.17) is 0 Å². The first-order valence-corrected chi connectivity index (χ1v) is 7.36. The highest BCUT2D eigenvalue weighted by atomic mass is 16.1. The predicted octanol–water partition coefficient (Wildman–Crippen LogP) is 4.02. The lowest BCUT2D eigenvalue weighted by Gasteiger charge is -2.13. The molecule has 1 heterocycles. The standard InChI is InChI=1S/C18H22N2O/c1-13(2)12-15-4-6-16(7-5-15)14(3)18(21)20-17-8-10-19-11-9-17/h4-11,13-14H,12H2,1-3H3,(H,19,20,21). The molecular weight excluding hydrogens is 260 g/mol. The molecular formula is C18H22N2O. The van der Waals surface area contributed by atoms with Crippen LogP contribution in [-0.2, 0) is 11.2 Å². The Hall–Kier alpha value is -2.16. The predicted molar refractivity (Wildman–Crippen MR) is 86.3 cm³/mol. The Morgan fingerprint density at radius 2 is 1.67 bits per heavy atom. The van der Waals surface area contributed by atoms with Gasteiger partial charge in [0.25, 0.3) is 0 Å². The highest BCUT2D eigenvalue weighted by Crippen LogP contribution is 2.19. The highest BCUT2D eigenvalue weighted by Gasteiger charge is 2.15. The maximum absolute atomic E-state index is 12.2. The molecule has 0 spiro atoms. The van der Waals surface area contributed by atoms with Gasteiger partial charge in [-0.25, -0.2) is 0 Å². The summed E-state index contributed by atoms with van der Waals surface area (Å²) in [6, 6.07) is 11.9. The summed E-state index contributed by atoms with van der Waals surface area (Å²) in [6.07, 6.45) is 4.40. The molecule has 0 saturated heterocycles. The van der Waals surface area contributed by atoms with E-state index in [0.29, 0.717) is 5.92 Å². The quantitative estimate of drug-likeness (QED) is 0.900. The SMILES string of the molecule is CC(C)Cc1ccc(C(C)C(=O)Nc2ccncc2)cc1. The summed E-state index contributed by atoms with van der Waals surface area (Å²) in [4.78, 5) is 16.2. The number of aromatic nitrogens is 1. The molecule has 0 aliphatic rings. The Kier molecular flexibility index (Phi) is 5.09. The highest BCUT2D eigenvalue weighted by molar-refractivity contribution is 5.95. The monoisotopic (exact) mass is 282 g/mol. The van der Waals surface area contributed by atoms with Gasteiger partial charge in [-0.1, -0.05) is 38.1 Å².